The number of nitrogens with zero attached hydrogens (tertiary/aromatic N) is 1. The molecule has 4 aliphatic rings. The zero-order chi connectivity index (χ0) is 43.2. The topological polar surface area (TPSA) is 162 Å². The van der Waals surface area contributed by atoms with Gasteiger partial charge in [-0.15, -0.1) is 0 Å². The van der Waals surface area contributed by atoms with Gasteiger partial charge in [0.25, 0.3) is 5.70 Å². The lowest BCUT2D eigenvalue weighted by atomic mass is 9.82. The highest BCUT2D eigenvalue weighted by atomic mass is 32.2. The molecule has 0 spiro atoms. The zero-order valence-corrected chi connectivity index (χ0v) is 36.5. The number of hydrogen-bond acceptors (Lipinski definition) is 14. The molecule has 326 valence electrons. The lowest BCUT2D eigenvalue weighted by Crippen LogP contribution is -2.33. The SMILES string of the molecule is [C-]#[N+]/C(C(=O)OCCCC)=C1/Sc2c(OC(=O)C3CCC(C)CC3)ccc(OC(=O)C3CCC(OC(=O)C4CCC(C(=O)OC[C@H](C)CCOC(=O)C=C)CC4)CC3)c2S1. The van der Waals surface area contributed by atoms with Gasteiger partial charge in [-0.2, -0.15) is 0 Å². The van der Waals surface area contributed by atoms with E-state index in [1.54, 1.807) is 12.1 Å². The first-order chi connectivity index (χ1) is 28.9. The largest absolute Gasteiger partial charge is 0.471 e. The molecular weight excluding hydrogens is 811 g/mol. The summed E-state index contributed by atoms with van der Waals surface area (Å²) in [7, 11) is 0. The van der Waals surface area contributed by atoms with Gasteiger partial charge >= 0.3 is 35.8 Å². The molecule has 1 atom stereocenters. The maximum Gasteiger partial charge on any atom is 0.338 e. The van der Waals surface area contributed by atoms with E-state index in [4.69, 9.17) is 35.0 Å². The molecule has 0 radical (unpaired) electrons. The van der Waals surface area contributed by atoms with Gasteiger partial charge in [-0.25, -0.2) is 9.64 Å². The van der Waals surface area contributed by atoms with E-state index in [1.165, 1.54) is 0 Å². The van der Waals surface area contributed by atoms with Gasteiger partial charge in [0.2, 0.25) is 0 Å². The van der Waals surface area contributed by atoms with Crippen LogP contribution in [0.3, 0.4) is 0 Å². The molecule has 5 rings (SSSR count). The molecule has 0 aromatic heterocycles. The Morgan fingerprint density at radius 2 is 1.27 bits per heavy atom. The van der Waals surface area contributed by atoms with Gasteiger partial charge in [-0.3, -0.25) is 24.0 Å². The smallest absolute Gasteiger partial charge is 0.338 e. The third-order valence-corrected chi connectivity index (χ3v) is 14.3. The van der Waals surface area contributed by atoms with Crippen molar-refractivity contribution in [1.29, 1.82) is 0 Å². The van der Waals surface area contributed by atoms with Gasteiger partial charge in [0.05, 0.1) is 64.1 Å². The predicted molar refractivity (Wildman–Crippen MR) is 223 cm³/mol. The molecule has 3 aliphatic carbocycles. The van der Waals surface area contributed by atoms with Crippen LogP contribution in [0.1, 0.15) is 117 Å². The van der Waals surface area contributed by atoms with E-state index in [-0.39, 0.29) is 84.7 Å². The Bertz CT molecular complexity index is 1810. The van der Waals surface area contributed by atoms with Gasteiger partial charge in [-0.1, -0.05) is 57.3 Å². The molecule has 0 unspecified atom stereocenters. The molecule has 15 heteroatoms. The molecular formula is C45H57NO12S2. The number of ether oxygens (including phenoxy) is 6. The fourth-order valence-electron chi connectivity index (χ4n) is 7.70. The number of unbranched alkanes of at least 4 members (excludes halogenated alkanes) is 1. The maximum absolute atomic E-state index is 13.6. The molecule has 0 saturated heterocycles. The Balaban J connectivity index is 1.12. The van der Waals surface area contributed by atoms with Crippen molar-refractivity contribution >= 4 is 59.3 Å². The minimum absolute atomic E-state index is 0.0250. The summed E-state index contributed by atoms with van der Waals surface area (Å²) >= 11 is 2.25. The number of esters is 6. The fourth-order valence-corrected chi connectivity index (χ4v) is 10.2. The third kappa shape index (κ3) is 13.1. The van der Waals surface area contributed by atoms with Crippen molar-refractivity contribution in [3.05, 3.63) is 46.1 Å². The van der Waals surface area contributed by atoms with Crippen molar-refractivity contribution in [2.45, 2.75) is 133 Å². The van der Waals surface area contributed by atoms with Gasteiger partial charge in [0.1, 0.15) is 17.6 Å². The summed E-state index contributed by atoms with van der Waals surface area (Å²) in [5, 5.41) is 0. The van der Waals surface area contributed by atoms with Crippen molar-refractivity contribution in [1.82, 2.24) is 0 Å². The van der Waals surface area contributed by atoms with Crippen LogP contribution in [-0.2, 0) is 47.7 Å². The average Bonchev–Trinajstić information content (AvgIpc) is 3.70. The van der Waals surface area contributed by atoms with Gasteiger partial charge in [0.15, 0.2) is 0 Å². The first kappa shape index (κ1) is 46.8. The second-order valence-corrected chi connectivity index (χ2v) is 18.6. The summed E-state index contributed by atoms with van der Waals surface area (Å²) in [5.74, 6) is -2.66. The Labute approximate surface area is 361 Å². The van der Waals surface area contributed by atoms with Crippen molar-refractivity contribution in [2.75, 3.05) is 19.8 Å². The molecule has 1 aliphatic heterocycles. The van der Waals surface area contributed by atoms with Crippen LogP contribution in [-0.4, -0.2) is 61.7 Å². The first-order valence-corrected chi connectivity index (χ1v) is 22.9. The Hall–Kier alpha value is -4.29. The number of carbonyl (C=O) groups excluding carboxylic acids is 6. The van der Waals surface area contributed by atoms with Crippen LogP contribution in [0.5, 0.6) is 11.5 Å². The van der Waals surface area contributed by atoms with Gasteiger partial charge in [0, 0.05) is 6.08 Å². The van der Waals surface area contributed by atoms with Crippen molar-refractivity contribution in [3.63, 3.8) is 0 Å². The number of fused-ring (bicyclic) bond motifs is 1. The number of benzene rings is 1. The molecule has 1 aromatic rings. The van der Waals surface area contributed by atoms with Crippen LogP contribution in [0.25, 0.3) is 4.85 Å². The summed E-state index contributed by atoms with van der Waals surface area (Å²) in [5.41, 5.74) is -0.180. The quantitative estimate of drug-likeness (QED) is 0.0364. The highest BCUT2D eigenvalue weighted by Gasteiger charge is 2.37. The van der Waals surface area contributed by atoms with Gasteiger partial charge < -0.3 is 28.4 Å². The normalized spacial score (nSPS) is 25.0. The summed E-state index contributed by atoms with van der Waals surface area (Å²) in [6, 6.07) is 3.19. The Morgan fingerprint density at radius 1 is 0.750 bits per heavy atom. The fraction of sp³-hybridized carbons (Fsp3) is 0.622. The number of hydrogen-bond donors (Lipinski definition) is 0. The van der Waals surface area contributed by atoms with Crippen LogP contribution in [0.15, 0.2) is 44.5 Å². The molecule has 3 saturated carbocycles. The van der Waals surface area contributed by atoms with Crippen molar-refractivity contribution in [3.8, 4) is 11.5 Å². The van der Waals surface area contributed by atoms with E-state index in [2.05, 4.69) is 18.3 Å². The van der Waals surface area contributed by atoms with Crippen LogP contribution in [0.2, 0.25) is 0 Å². The van der Waals surface area contributed by atoms with Crippen molar-refractivity contribution in [2.24, 2.45) is 35.5 Å². The van der Waals surface area contributed by atoms with E-state index in [1.807, 2.05) is 13.8 Å². The molecule has 0 amide bonds. The lowest BCUT2D eigenvalue weighted by molar-refractivity contribution is -0.161. The monoisotopic (exact) mass is 867 g/mol. The molecule has 1 aromatic carbocycles. The van der Waals surface area contributed by atoms with Crippen LogP contribution >= 0.6 is 23.5 Å². The molecule has 60 heavy (non-hydrogen) atoms. The maximum atomic E-state index is 13.6. The second kappa shape index (κ2) is 23.1. The average molecular weight is 868 g/mol. The standard InChI is InChI=1S/C45H57NO12S2/c1-6-8-24-54-44(52)37(46-5)45-59-38-34(57-42(50)30-11-9-27(3)10-12-30)21-22-35(39(38)60-45)58-43(51)32-17-19-33(20-18-32)56-41(49)31-15-13-29(14-16-31)40(48)55-26-28(4)23-25-53-36(47)7-2/h7,21-22,27-33H,2,6,8-20,23-26H2,1,3-4H3/b45-37-/t27?,28-,29?,30?,31?,32?,33?/m1/s1. The molecule has 13 nitrogen and oxygen atoms in total. The molecule has 1 heterocycles. The molecule has 0 N–H and O–H groups in total. The highest BCUT2D eigenvalue weighted by Crippen LogP contribution is 2.59. The number of carbonyl (C=O) groups is 6. The third-order valence-electron chi connectivity index (χ3n) is 11.6. The number of rotatable bonds is 17. The van der Waals surface area contributed by atoms with E-state index < -0.39 is 23.8 Å². The van der Waals surface area contributed by atoms with Crippen LogP contribution < -0.4 is 9.47 Å². The number of thioether (sulfide) groups is 2. The summed E-state index contributed by atoms with van der Waals surface area (Å²) < 4.78 is 34.0. The molecule has 3 fully saturated rings. The highest BCUT2D eigenvalue weighted by molar-refractivity contribution is 8.24. The lowest BCUT2D eigenvalue weighted by Gasteiger charge is -2.30. The Kier molecular flexibility index (Phi) is 18.0. The van der Waals surface area contributed by atoms with E-state index >= 15 is 0 Å². The predicted octanol–water partition coefficient (Wildman–Crippen LogP) is 9.16. The van der Waals surface area contributed by atoms with Gasteiger partial charge in [-0.05, 0) is 114 Å². The summed E-state index contributed by atoms with van der Waals surface area (Å²) in [4.78, 5) is 81.3. The Morgan fingerprint density at radius 3 is 1.80 bits per heavy atom. The van der Waals surface area contributed by atoms with E-state index in [9.17, 15) is 28.8 Å². The van der Waals surface area contributed by atoms with Crippen LogP contribution in [0.4, 0.5) is 0 Å². The minimum Gasteiger partial charge on any atom is -0.471 e. The van der Waals surface area contributed by atoms with E-state index in [0.29, 0.717) is 84.2 Å². The van der Waals surface area contributed by atoms with Crippen molar-refractivity contribution < 1.29 is 57.2 Å². The summed E-state index contributed by atoms with van der Waals surface area (Å²) in [6.07, 6.45) is 10.3. The van der Waals surface area contributed by atoms with Crippen LogP contribution in [0, 0.1) is 42.1 Å². The summed E-state index contributed by atoms with van der Waals surface area (Å²) in [6.45, 7) is 17.8. The zero-order valence-electron chi connectivity index (χ0n) is 34.9. The first-order valence-electron chi connectivity index (χ1n) is 21.3. The minimum atomic E-state index is -0.732. The van der Waals surface area contributed by atoms with E-state index in [0.717, 1.165) is 61.7 Å². The molecule has 0 bridgehead atoms. The second-order valence-electron chi connectivity index (χ2n) is 16.3.